The van der Waals surface area contributed by atoms with Crippen LogP contribution in [0.3, 0.4) is 0 Å². The second kappa shape index (κ2) is 14.5. The number of carbonyl (C=O) groups excluding carboxylic acids is 2. The summed E-state index contributed by atoms with van der Waals surface area (Å²) in [5.41, 5.74) is 2.93. The summed E-state index contributed by atoms with van der Waals surface area (Å²) in [7, 11) is 0. The third-order valence-electron chi connectivity index (χ3n) is 7.31. The molecule has 0 bridgehead atoms. The van der Waals surface area contributed by atoms with Gasteiger partial charge in [-0.25, -0.2) is 4.39 Å². The highest BCUT2D eigenvalue weighted by atomic mass is 19.1. The van der Waals surface area contributed by atoms with Crippen molar-refractivity contribution in [3.63, 3.8) is 0 Å². The SMILES string of the molecule is Cc1ccc(OCCCC(=O)N(Cc2ccc(F)cc2)[C@@H](Cc2ccccc2)C(=O)NC2CCCCC2)cc1. The van der Waals surface area contributed by atoms with E-state index in [0.29, 0.717) is 19.4 Å². The lowest BCUT2D eigenvalue weighted by Gasteiger charge is -2.33. The lowest BCUT2D eigenvalue weighted by molar-refractivity contribution is -0.141. The second-order valence-electron chi connectivity index (χ2n) is 10.5. The Morgan fingerprint density at radius 1 is 0.923 bits per heavy atom. The van der Waals surface area contributed by atoms with Gasteiger partial charge in [-0.3, -0.25) is 9.59 Å². The van der Waals surface area contributed by atoms with Crippen molar-refractivity contribution in [1.82, 2.24) is 10.2 Å². The zero-order valence-corrected chi connectivity index (χ0v) is 22.8. The molecule has 1 aliphatic rings. The van der Waals surface area contributed by atoms with E-state index in [0.717, 1.165) is 48.1 Å². The fraction of sp³-hybridized carbons (Fsp3) is 0.394. The summed E-state index contributed by atoms with van der Waals surface area (Å²) >= 11 is 0. The van der Waals surface area contributed by atoms with Crippen molar-refractivity contribution in [2.24, 2.45) is 0 Å². The van der Waals surface area contributed by atoms with Crippen LogP contribution >= 0.6 is 0 Å². The van der Waals surface area contributed by atoms with E-state index in [9.17, 15) is 14.0 Å². The van der Waals surface area contributed by atoms with E-state index in [1.54, 1.807) is 17.0 Å². The van der Waals surface area contributed by atoms with Crippen LogP contribution in [0.2, 0.25) is 0 Å². The number of aryl methyl sites for hydroxylation is 1. The van der Waals surface area contributed by atoms with E-state index in [4.69, 9.17) is 4.74 Å². The Hall–Kier alpha value is -3.67. The van der Waals surface area contributed by atoms with Crippen molar-refractivity contribution in [3.8, 4) is 5.75 Å². The molecule has 3 aromatic rings. The summed E-state index contributed by atoms with van der Waals surface area (Å²) in [4.78, 5) is 29.1. The molecule has 206 valence electrons. The van der Waals surface area contributed by atoms with E-state index >= 15 is 0 Å². The van der Waals surface area contributed by atoms with Crippen LogP contribution < -0.4 is 10.1 Å². The van der Waals surface area contributed by atoms with Gasteiger partial charge >= 0.3 is 0 Å². The quantitative estimate of drug-likeness (QED) is 0.276. The molecule has 0 radical (unpaired) electrons. The number of ether oxygens (including phenoxy) is 1. The molecule has 1 atom stereocenters. The first-order chi connectivity index (χ1) is 19.0. The minimum atomic E-state index is -0.676. The standard InChI is InChI=1S/C33H39FN2O3/c1-25-14-20-30(21-15-25)39-22-8-13-32(37)36(24-27-16-18-28(34)19-17-27)31(23-26-9-4-2-5-10-26)33(38)35-29-11-6-3-7-12-29/h2,4-5,9-10,14-21,29,31H,3,6-8,11-13,22-24H2,1H3,(H,35,38)/t31-/m0/s1. The van der Waals surface area contributed by atoms with Crippen LogP contribution in [0.4, 0.5) is 4.39 Å². The van der Waals surface area contributed by atoms with Gasteiger partial charge < -0.3 is 15.0 Å². The number of hydrogen-bond acceptors (Lipinski definition) is 3. The van der Waals surface area contributed by atoms with Crippen molar-refractivity contribution in [3.05, 3.63) is 101 Å². The summed E-state index contributed by atoms with van der Waals surface area (Å²) in [6.07, 6.45) is 6.51. The van der Waals surface area contributed by atoms with Crippen molar-refractivity contribution < 1.29 is 18.7 Å². The number of nitrogens with zero attached hydrogens (tertiary/aromatic N) is 1. The maximum absolute atomic E-state index is 13.8. The van der Waals surface area contributed by atoms with Crippen molar-refractivity contribution in [1.29, 1.82) is 0 Å². The van der Waals surface area contributed by atoms with Gasteiger partial charge in [-0.05, 0) is 61.6 Å². The number of hydrogen-bond donors (Lipinski definition) is 1. The van der Waals surface area contributed by atoms with Crippen LogP contribution in [0.1, 0.15) is 61.6 Å². The van der Waals surface area contributed by atoms with Crippen LogP contribution in [0.25, 0.3) is 0 Å². The average Bonchev–Trinajstić information content (AvgIpc) is 2.96. The van der Waals surface area contributed by atoms with E-state index in [1.165, 1.54) is 18.6 Å². The summed E-state index contributed by atoms with van der Waals surface area (Å²) < 4.78 is 19.5. The molecular weight excluding hydrogens is 491 g/mol. The molecule has 1 N–H and O–H groups in total. The summed E-state index contributed by atoms with van der Waals surface area (Å²) in [5.74, 6) is 0.189. The van der Waals surface area contributed by atoms with Gasteiger partial charge in [0.2, 0.25) is 11.8 Å². The molecule has 5 nitrogen and oxygen atoms in total. The van der Waals surface area contributed by atoms with Gasteiger partial charge in [0, 0.05) is 25.4 Å². The van der Waals surface area contributed by atoms with Gasteiger partial charge in [-0.15, -0.1) is 0 Å². The van der Waals surface area contributed by atoms with Gasteiger partial charge in [0.1, 0.15) is 17.6 Å². The fourth-order valence-electron chi connectivity index (χ4n) is 5.08. The Kier molecular flexibility index (Phi) is 10.5. The van der Waals surface area contributed by atoms with Gasteiger partial charge in [-0.2, -0.15) is 0 Å². The minimum Gasteiger partial charge on any atom is -0.494 e. The number of rotatable bonds is 12. The second-order valence-corrected chi connectivity index (χ2v) is 10.5. The number of nitrogens with one attached hydrogen (secondary N) is 1. The summed E-state index contributed by atoms with van der Waals surface area (Å²) in [6.45, 7) is 2.65. The van der Waals surface area contributed by atoms with Gasteiger partial charge in [0.05, 0.1) is 6.61 Å². The maximum atomic E-state index is 13.8. The normalized spacial score (nSPS) is 14.4. The molecule has 0 aromatic heterocycles. The average molecular weight is 531 g/mol. The predicted molar refractivity (Wildman–Crippen MR) is 152 cm³/mol. The molecule has 0 spiro atoms. The summed E-state index contributed by atoms with van der Waals surface area (Å²) in [5, 5.41) is 3.25. The van der Waals surface area contributed by atoms with E-state index < -0.39 is 6.04 Å². The topological polar surface area (TPSA) is 58.6 Å². The highest BCUT2D eigenvalue weighted by Crippen LogP contribution is 2.21. The smallest absolute Gasteiger partial charge is 0.243 e. The van der Waals surface area contributed by atoms with Crippen LogP contribution in [0.5, 0.6) is 5.75 Å². The molecule has 0 unspecified atom stereocenters. The van der Waals surface area contributed by atoms with Gasteiger partial charge in [-0.1, -0.05) is 79.4 Å². The maximum Gasteiger partial charge on any atom is 0.243 e. The van der Waals surface area contributed by atoms with Crippen LogP contribution in [0.15, 0.2) is 78.9 Å². The minimum absolute atomic E-state index is 0.119. The summed E-state index contributed by atoms with van der Waals surface area (Å²) in [6, 6.07) is 23.2. The number of benzene rings is 3. The van der Waals surface area contributed by atoms with Crippen LogP contribution in [-0.4, -0.2) is 35.4 Å². The molecule has 3 aromatic carbocycles. The van der Waals surface area contributed by atoms with Crippen molar-refractivity contribution >= 4 is 11.8 Å². The van der Waals surface area contributed by atoms with Crippen LogP contribution in [-0.2, 0) is 22.6 Å². The zero-order chi connectivity index (χ0) is 27.5. The Morgan fingerprint density at radius 3 is 2.31 bits per heavy atom. The van der Waals surface area contributed by atoms with Gasteiger partial charge in [0.25, 0.3) is 0 Å². The Bertz CT molecular complexity index is 1180. The number of amides is 2. The monoisotopic (exact) mass is 530 g/mol. The lowest BCUT2D eigenvalue weighted by atomic mass is 9.94. The van der Waals surface area contributed by atoms with Crippen molar-refractivity contribution in [2.45, 2.75) is 76.9 Å². The molecular formula is C33H39FN2O3. The van der Waals surface area contributed by atoms with E-state index in [-0.39, 0.29) is 36.6 Å². The van der Waals surface area contributed by atoms with E-state index in [2.05, 4.69) is 5.32 Å². The van der Waals surface area contributed by atoms with Crippen LogP contribution in [0, 0.1) is 12.7 Å². The first kappa shape index (κ1) is 28.3. The number of carbonyl (C=O) groups is 2. The molecule has 1 saturated carbocycles. The molecule has 0 aliphatic heterocycles. The highest BCUT2D eigenvalue weighted by Gasteiger charge is 2.31. The Morgan fingerprint density at radius 2 is 1.62 bits per heavy atom. The molecule has 0 heterocycles. The molecule has 6 heteroatoms. The fourth-order valence-corrected chi connectivity index (χ4v) is 5.08. The number of halogens is 1. The molecule has 0 saturated heterocycles. The van der Waals surface area contributed by atoms with Gasteiger partial charge in [0.15, 0.2) is 0 Å². The Labute approximate surface area is 231 Å². The predicted octanol–water partition coefficient (Wildman–Crippen LogP) is 6.38. The molecule has 39 heavy (non-hydrogen) atoms. The largest absolute Gasteiger partial charge is 0.494 e. The molecule has 2 amide bonds. The Balaban J connectivity index is 1.51. The zero-order valence-electron chi connectivity index (χ0n) is 22.8. The third-order valence-corrected chi connectivity index (χ3v) is 7.31. The lowest BCUT2D eigenvalue weighted by Crippen LogP contribution is -2.52. The first-order valence-electron chi connectivity index (χ1n) is 14.1. The molecule has 1 aliphatic carbocycles. The first-order valence-corrected chi connectivity index (χ1v) is 14.1. The molecule has 1 fully saturated rings. The van der Waals surface area contributed by atoms with Crippen molar-refractivity contribution in [2.75, 3.05) is 6.61 Å². The van der Waals surface area contributed by atoms with E-state index in [1.807, 2.05) is 61.5 Å². The third kappa shape index (κ3) is 8.95. The molecule has 4 rings (SSSR count). The highest BCUT2D eigenvalue weighted by molar-refractivity contribution is 5.88.